The van der Waals surface area contributed by atoms with Crippen LogP contribution in [0.1, 0.15) is 25.8 Å². The van der Waals surface area contributed by atoms with Crippen molar-refractivity contribution >= 4 is 16.0 Å². The third-order valence-electron chi connectivity index (χ3n) is 2.79. The van der Waals surface area contributed by atoms with Gasteiger partial charge in [0.25, 0.3) is 0 Å². The van der Waals surface area contributed by atoms with Gasteiger partial charge in [0, 0.05) is 6.54 Å². The Morgan fingerprint density at radius 3 is 2.57 bits per heavy atom. The summed E-state index contributed by atoms with van der Waals surface area (Å²) in [6.07, 6.45) is 0.506. The van der Waals surface area contributed by atoms with Crippen LogP contribution in [0.4, 0.5) is 4.39 Å². The zero-order chi connectivity index (χ0) is 16.0. The summed E-state index contributed by atoms with van der Waals surface area (Å²) in [5.41, 5.74) is 0.627. The van der Waals surface area contributed by atoms with Crippen molar-refractivity contribution in [1.82, 2.24) is 4.31 Å². The number of rotatable bonds is 7. The maximum absolute atomic E-state index is 13.8. The number of sulfonamides is 1. The fourth-order valence-electron chi connectivity index (χ4n) is 1.83. The van der Waals surface area contributed by atoms with Gasteiger partial charge in [-0.2, -0.15) is 4.31 Å². The van der Waals surface area contributed by atoms with E-state index in [9.17, 15) is 17.6 Å². The number of hydrogen-bond donors (Lipinski definition) is 0. The molecule has 0 aliphatic carbocycles. The van der Waals surface area contributed by atoms with E-state index in [4.69, 9.17) is 4.74 Å². The van der Waals surface area contributed by atoms with Gasteiger partial charge in [0.15, 0.2) is 0 Å². The molecule has 1 aromatic carbocycles. The summed E-state index contributed by atoms with van der Waals surface area (Å²) in [4.78, 5) is 11.1. The molecule has 0 fully saturated rings. The SMILES string of the molecule is CCCN(CC(=O)OCC)S(=O)(=O)c1cc(C)ccc1F. The summed E-state index contributed by atoms with van der Waals surface area (Å²) in [6.45, 7) is 4.95. The molecule has 0 radical (unpaired) electrons. The second-order valence-electron chi connectivity index (χ2n) is 4.58. The van der Waals surface area contributed by atoms with Crippen molar-refractivity contribution < 1.29 is 22.3 Å². The van der Waals surface area contributed by atoms with Crippen molar-refractivity contribution in [3.8, 4) is 0 Å². The van der Waals surface area contributed by atoms with Gasteiger partial charge in [0.1, 0.15) is 17.3 Å². The summed E-state index contributed by atoms with van der Waals surface area (Å²) in [5.74, 6) is -1.48. The van der Waals surface area contributed by atoms with Crippen molar-refractivity contribution in [2.75, 3.05) is 19.7 Å². The summed E-state index contributed by atoms with van der Waals surface area (Å²) in [5, 5.41) is 0. The molecule has 0 unspecified atom stereocenters. The van der Waals surface area contributed by atoms with Gasteiger partial charge in [-0.3, -0.25) is 4.79 Å². The summed E-state index contributed by atoms with van der Waals surface area (Å²) >= 11 is 0. The first-order chi connectivity index (χ1) is 9.82. The zero-order valence-electron chi connectivity index (χ0n) is 12.4. The van der Waals surface area contributed by atoms with Crippen LogP contribution >= 0.6 is 0 Å². The van der Waals surface area contributed by atoms with Crippen molar-refractivity contribution in [1.29, 1.82) is 0 Å². The molecule has 7 heteroatoms. The van der Waals surface area contributed by atoms with E-state index in [1.54, 1.807) is 20.8 Å². The van der Waals surface area contributed by atoms with Gasteiger partial charge in [-0.05, 0) is 38.0 Å². The number of hydrogen-bond acceptors (Lipinski definition) is 4. The molecule has 0 saturated heterocycles. The van der Waals surface area contributed by atoms with Crippen LogP contribution in [0.25, 0.3) is 0 Å². The van der Waals surface area contributed by atoms with Crippen LogP contribution < -0.4 is 0 Å². The van der Waals surface area contributed by atoms with Crippen LogP contribution in [0.5, 0.6) is 0 Å². The summed E-state index contributed by atoms with van der Waals surface area (Å²) < 4.78 is 44.6. The van der Waals surface area contributed by atoms with Crippen molar-refractivity contribution in [3.63, 3.8) is 0 Å². The van der Waals surface area contributed by atoms with Crippen molar-refractivity contribution in [3.05, 3.63) is 29.6 Å². The summed E-state index contributed by atoms with van der Waals surface area (Å²) in [7, 11) is -4.07. The quantitative estimate of drug-likeness (QED) is 0.723. The van der Waals surface area contributed by atoms with Crippen LogP contribution in [0.15, 0.2) is 23.1 Å². The molecule has 1 rings (SSSR count). The van der Waals surface area contributed by atoms with E-state index >= 15 is 0 Å². The first kappa shape index (κ1) is 17.6. The molecular weight excluding hydrogens is 297 g/mol. The number of aryl methyl sites for hydroxylation is 1. The van der Waals surface area contributed by atoms with E-state index in [-0.39, 0.29) is 13.2 Å². The second-order valence-corrected chi connectivity index (χ2v) is 6.48. The van der Waals surface area contributed by atoms with E-state index in [0.717, 1.165) is 10.4 Å². The molecule has 0 atom stereocenters. The van der Waals surface area contributed by atoms with Gasteiger partial charge in [0.2, 0.25) is 10.0 Å². The van der Waals surface area contributed by atoms with E-state index in [0.29, 0.717) is 12.0 Å². The Bertz CT molecular complexity index is 601. The predicted octanol–water partition coefficient (Wildman–Crippen LogP) is 2.10. The van der Waals surface area contributed by atoms with E-state index in [1.165, 1.54) is 12.1 Å². The maximum atomic E-state index is 13.8. The molecule has 0 N–H and O–H groups in total. The van der Waals surface area contributed by atoms with Gasteiger partial charge >= 0.3 is 5.97 Å². The average molecular weight is 317 g/mol. The van der Waals surface area contributed by atoms with Crippen molar-refractivity contribution in [2.45, 2.75) is 32.1 Å². The lowest BCUT2D eigenvalue weighted by molar-refractivity contribution is -0.143. The monoisotopic (exact) mass is 317 g/mol. The van der Waals surface area contributed by atoms with Gasteiger partial charge in [-0.1, -0.05) is 13.0 Å². The molecule has 1 aromatic rings. The molecule has 0 saturated carbocycles. The van der Waals surface area contributed by atoms with Crippen LogP contribution in [-0.2, 0) is 19.6 Å². The molecule has 0 heterocycles. The molecule has 0 spiro atoms. The average Bonchev–Trinajstić information content (AvgIpc) is 2.41. The minimum atomic E-state index is -4.07. The van der Waals surface area contributed by atoms with Gasteiger partial charge in [-0.15, -0.1) is 0 Å². The number of esters is 1. The smallest absolute Gasteiger partial charge is 0.321 e. The van der Waals surface area contributed by atoms with Gasteiger partial charge in [0.05, 0.1) is 6.61 Å². The molecule has 0 aromatic heterocycles. The first-order valence-electron chi connectivity index (χ1n) is 6.74. The molecule has 0 aliphatic rings. The Labute approximate surface area is 124 Å². The molecular formula is C14H20FNO4S. The van der Waals surface area contributed by atoms with Crippen LogP contribution in [0.3, 0.4) is 0 Å². The standard InChI is InChI=1S/C14H20FNO4S/c1-4-8-16(10-14(17)20-5-2)21(18,19)13-9-11(3)6-7-12(13)15/h6-7,9H,4-5,8,10H2,1-3H3. The third-order valence-corrected chi connectivity index (χ3v) is 4.65. The van der Waals surface area contributed by atoms with Gasteiger partial charge < -0.3 is 4.74 Å². The predicted molar refractivity (Wildman–Crippen MR) is 76.8 cm³/mol. The molecule has 0 amide bonds. The normalized spacial score (nSPS) is 11.7. The Kier molecular flexibility index (Phi) is 6.29. The third kappa shape index (κ3) is 4.50. The van der Waals surface area contributed by atoms with E-state index in [1.807, 2.05) is 0 Å². The number of nitrogens with zero attached hydrogens (tertiary/aromatic N) is 1. The Morgan fingerprint density at radius 1 is 1.33 bits per heavy atom. The Balaban J connectivity index is 3.15. The fourth-order valence-corrected chi connectivity index (χ4v) is 3.46. The topological polar surface area (TPSA) is 63.7 Å². The highest BCUT2D eigenvalue weighted by molar-refractivity contribution is 7.89. The maximum Gasteiger partial charge on any atom is 0.321 e. The van der Waals surface area contributed by atoms with Crippen LogP contribution in [0, 0.1) is 12.7 Å². The zero-order valence-corrected chi connectivity index (χ0v) is 13.2. The van der Waals surface area contributed by atoms with E-state index in [2.05, 4.69) is 0 Å². The molecule has 118 valence electrons. The number of carbonyl (C=O) groups excluding carboxylic acids is 1. The number of ether oxygens (including phenoxy) is 1. The first-order valence-corrected chi connectivity index (χ1v) is 8.18. The number of halogens is 1. The second kappa shape index (κ2) is 7.51. The highest BCUT2D eigenvalue weighted by Crippen LogP contribution is 2.21. The fraction of sp³-hybridized carbons (Fsp3) is 0.500. The lowest BCUT2D eigenvalue weighted by Gasteiger charge is -2.21. The molecule has 5 nitrogen and oxygen atoms in total. The molecule has 0 bridgehead atoms. The summed E-state index contributed by atoms with van der Waals surface area (Å²) in [6, 6.07) is 3.86. The number of benzene rings is 1. The minimum absolute atomic E-state index is 0.120. The lowest BCUT2D eigenvalue weighted by Crippen LogP contribution is -2.37. The Hall–Kier alpha value is -1.47. The largest absolute Gasteiger partial charge is 0.465 e. The molecule has 21 heavy (non-hydrogen) atoms. The van der Waals surface area contributed by atoms with E-state index < -0.39 is 33.3 Å². The van der Waals surface area contributed by atoms with Crippen LogP contribution in [0.2, 0.25) is 0 Å². The molecule has 0 aliphatic heterocycles. The van der Waals surface area contributed by atoms with Crippen LogP contribution in [-0.4, -0.2) is 38.4 Å². The van der Waals surface area contributed by atoms with Gasteiger partial charge in [-0.25, -0.2) is 12.8 Å². The highest BCUT2D eigenvalue weighted by Gasteiger charge is 2.29. The minimum Gasteiger partial charge on any atom is -0.465 e. The van der Waals surface area contributed by atoms with Crippen molar-refractivity contribution in [2.24, 2.45) is 0 Å². The number of carbonyl (C=O) groups is 1. The Morgan fingerprint density at radius 2 is 2.00 bits per heavy atom. The highest BCUT2D eigenvalue weighted by atomic mass is 32.2. The lowest BCUT2D eigenvalue weighted by atomic mass is 10.2.